The molecule has 0 unspecified atom stereocenters. The SMILES string of the molecule is CC[C@H](C)NC(=O)[C@H](Cc1ccccc1)N(Cc1ccc(C)cc1)C(=O)COc1cc(C)ccc1C. The highest BCUT2D eigenvalue weighted by molar-refractivity contribution is 5.88. The molecule has 0 saturated carbocycles. The molecular weight excluding hydrogens is 448 g/mol. The van der Waals surface area contributed by atoms with Gasteiger partial charge in [0.25, 0.3) is 5.91 Å². The summed E-state index contributed by atoms with van der Waals surface area (Å²) in [5, 5.41) is 3.10. The van der Waals surface area contributed by atoms with Gasteiger partial charge in [-0.3, -0.25) is 9.59 Å². The van der Waals surface area contributed by atoms with Crippen LogP contribution in [0.4, 0.5) is 0 Å². The highest BCUT2D eigenvalue weighted by atomic mass is 16.5. The second-order valence-electron chi connectivity index (χ2n) is 9.59. The normalized spacial score (nSPS) is 12.5. The van der Waals surface area contributed by atoms with Crippen molar-refractivity contribution in [3.05, 3.63) is 101 Å². The van der Waals surface area contributed by atoms with Gasteiger partial charge in [0.2, 0.25) is 5.91 Å². The van der Waals surface area contributed by atoms with Gasteiger partial charge in [-0.05, 0) is 62.4 Å². The summed E-state index contributed by atoms with van der Waals surface area (Å²) in [4.78, 5) is 28.9. The Labute approximate surface area is 215 Å². The lowest BCUT2D eigenvalue weighted by Gasteiger charge is -2.32. The second-order valence-corrected chi connectivity index (χ2v) is 9.59. The third-order valence-electron chi connectivity index (χ3n) is 6.44. The van der Waals surface area contributed by atoms with E-state index in [0.29, 0.717) is 18.7 Å². The zero-order valence-electron chi connectivity index (χ0n) is 22.1. The Kier molecular flexibility index (Phi) is 9.69. The van der Waals surface area contributed by atoms with Gasteiger partial charge in [-0.25, -0.2) is 0 Å². The minimum Gasteiger partial charge on any atom is -0.483 e. The molecule has 2 atom stereocenters. The van der Waals surface area contributed by atoms with E-state index >= 15 is 0 Å². The first-order valence-corrected chi connectivity index (χ1v) is 12.7. The molecule has 5 heteroatoms. The van der Waals surface area contributed by atoms with Crippen LogP contribution in [-0.2, 0) is 22.6 Å². The summed E-state index contributed by atoms with van der Waals surface area (Å²) < 4.78 is 5.98. The zero-order chi connectivity index (χ0) is 26.1. The lowest BCUT2D eigenvalue weighted by Crippen LogP contribution is -2.53. The van der Waals surface area contributed by atoms with E-state index in [1.807, 2.05) is 107 Å². The number of ether oxygens (including phenoxy) is 1. The van der Waals surface area contributed by atoms with Gasteiger partial charge in [-0.15, -0.1) is 0 Å². The molecule has 3 aromatic carbocycles. The maximum Gasteiger partial charge on any atom is 0.261 e. The number of nitrogens with zero attached hydrogens (tertiary/aromatic N) is 1. The van der Waals surface area contributed by atoms with Crippen molar-refractivity contribution in [1.82, 2.24) is 10.2 Å². The zero-order valence-corrected chi connectivity index (χ0v) is 22.1. The Morgan fingerprint density at radius 3 is 2.22 bits per heavy atom. The van der Waals surface area contributed by atoms with Gasteiger partial charge in [0.1, 0.15) is 11.8 Å². The lowest BCUT2D eigenvalue weighted by atomic mass is 10.0. The summed E-state index contributed by atoms with van der Waals surface area (Å²) >= 11 is 0. The Bertz CT molecular complexity index is 1140. The highest BCUT2D eigenvalue weighted by Crippen LogP contribution is 2.20. The van der Waals surface area contributed by atoms with Crippen molar-refractivity contribution in [3.8, 4) is 5.75 Å². The maximum absolute atomic E-state index is 13.7. The largest absolute Gasteiger partial charge is 0.483 e. The molecule has 0 aromatic heterocycles. The van der Waals surface area contributed by atoms with Crippen LogP contribution in [-0.4, -0.2) is 35.4 Å². The average molecular weight is 487 g/mol. The number of carbonyl (C=O) groups is 2. The number of amides is 2. The van der Waals surface area contributed by atoms with Gasteiger partial charge in [0.05, 0.1) is 0 Å². The smallest absolute Gasteiger partial charge is 0.261 e. The van der Waals surface area contributed by atoms with Crippen molar-refractivity contribution in [1.29, 1.82) is 0 Å². The van der Waals surface area contributed by atoms with Gasteiger partial charge in [0, 0.05) is 19.0 Å². The van der Waals surface area contributed by atoms with Crippen LogP contribution in [0.1, 0.15) is 48.1 Å². The molecule has 3 rings (SSSR count). The fourth-order valence-corrected chi connectivity index (χ4v) is 3.97. The number of benzene rings is 3. The predicted molar refractivity (Wildman–Crippen MR) is 145 cm³/mol. The summed E-state index contributed by atoms with van der Waals surface area (Å²) in [7, 11) is 0. The molecule has 0 aliphatic heterocycles. The van der Waals surface area contributed by atoms with Crippen molar-refractivity contribution >= 4 is 11.8 Å². The van der Waals surface area contributed by atoms with Gasteiger partial charge < -0.3 is 15.0 Å². The Morgan fingerprint density at radius 1 is 0.889 bits per heavy atom. The van der Waals surface area contributed by atoms with Crippen LogP contribution >= 0.6 is 0 Å². The molecule has 1 N–H and O–H groups in total. The van der Waals surface area contributed by atoms with E-state index in [-0.39, 0.29) is 24.5 Å². The van der Waals surface area contributed by atoms with Crippen LogP contribution in [0.5, 0.6) is 5.75 Å². The number of aryl methyl sites for hydroxylation is 3. The monoisotopic (exact) mass is 486 g/mol. The minimum absolute atomic E-state index is 0.0123. The fourth-order valence-electron chi connectivity index (χ4n) is 3.97. The summed E-state index contributed by atoms with van der Waals surface area (Å²) in [5.41, 5.74) is 5.14. The third-order valence-corrected chi connectivity index (χ3v) is 6.44. The molecule has 0 saturated heterocycles. The number of hydrogen-bond donors (Lipinski definition) is 1. The van der Waals surface area contributed by atoms with Gasteiger partial charge in [-0.1, -0.05) is 79.2 Å². The summed E-state index contributed by atoms with van der Waals surface area (Å²) in [6.45, 7) is 10.2. The number of carbonyl (C=O) groups excluding carboxylic acids is 2. The molecule has 0 fully saturated rings. The quantitative estimate of drug-likeness (QED) is 0.387. The first-order valence-electron chi connectivity index (χ1n) is 12.7. The Morgan fingerprint density at radius 2 is 1.56 bits per heavy atom. The lowest BCUT2D eigenvalue weighted by molar-refractivity contribution is -0.143. The molecule has 2 amide bonds. The number of nitrogens with one attached hydrogen (secondary N) is 1. The van der Waals surface area contributed by atoms with E-state index in [2.05, 4.69) is 5.32 Å². The van der Waals surface area contributed by atoms with Crippen molar-refractivity contribution in [2.24, 2.45) is 0 Å². The van der Waals surface area contributed by atoms with E-state index in [1.54, 1.807) is 4.90 Å². The molecule has 190 valence electrons. The number of hydrogen-bond acceptors (Lipinski definition) is 3. The molecule has 0 aliphatic rings. The van der Waals surface area contributed by atoms with Crippen LogP contribution in [0, 0.1) is 20.8 Å². The topological polar surface area (TPSA) is 58.6 Å². The first kappa shape index (κ1) is 27.0. The summed E-state index contributed by atoms with van der Waals surface area (Å²) in [5.74, 6) is 0.305. The third kappa shape index (κ3) is 7.70. The molecule has 0 spiro atoms. The Balaban J connectivity index is 1.92. The standard InChI is InChI=1S/C31H38N2O3/c1-6-25(5)32-31(35)28(19-26-10-8-7-9-11-26)33(20-27-16-13-22(2)14-17-27)30(34)21-36-29-18-23(3)12-15-24(29)4/h7-18,25,28H,6,19-21H2,1-5H3,(H,32,35)/t25-,28-/m0/s1. The van der Waals surface area contributed by atoms with Gasteiger partial charge in [0.15, 0.2) is 6.61 Å². The van der Waals surface area contributed by atoms with E-state index in [9.17, 15) is 9.59 Å². The molecule has 3 aromatic rings. The van der Waals surface area contributed by atoms with Gasteiger partial charge >= 0.3 is 0 Å². The van der Waals surface area contributed by atoms with Crippen molar-refractivity contribution in [2.75, 3.05) is 6.61 Å². The summed E-state index contributed by atoms with van der Waals surface area (Å²) in [6, 6.07) is 23.2. The van der Waals surface area contributed by atoms with E-state index in [1.165, 1.54) is 0 Å². The van der Waals surface area contributed by atoms with E-state index in [0.717, 1.165) is 34.2 Å². The van der Waals surface area contributed by atoms with E-state index < -0.39 is 6.04 Å². The van der Waals surface area contributed by atoms with E-state index in [4.69, 9.17) is 4.74 Å². The van der Waals surface area contributed by atoms with Crippen molar-refractivity contribution in [2.45, 2.75) is 66.1 Å². The maximum atomic E-state index is 13.7. The fraction of sp³-hybridized carbons (Fsp3) is 0.355. The van der Waals surface area contributed by atoms with Gasteiger partial charge in [-0.2, -0.15) is 0 Å². The van der Waals surface area contributed by atoms with Crippen LogP contribution in [0.15, 0.2) is 72.8 Å². The molecule has 0 heterocycles. The molecule has 5 nitrogen and oxygen atoms in total. The highest BCUT2D eigenvalue weighted by Gasteiger charge is 2.31. The van der Waals surface area contributed by atoms with Crippen molar-refractivity contribution < 1.29 is 14.3 Å². The number of rotatable bonds is 11. The first-order chi connectivity index (χ1) is 17.3. The summed E-state index contributed by atoms with van der Waals surface area (Å²) in [6.07, 6.45) is 1.23. The minimum atomic E-state index is -0.669. The molecule has 0 radical (unpaired) electrons. The van der Waals surface area contributed by atoms with Crippen LogP contribution in [0.2, 0.25) is 0 Å². The molecule has 36 heavy (non-hydrogen) atoms. The Hall–Kier alpha value is -3.60. The van der Waals surface area contributed by atoms with Crippen LogP contribution < -0.4 is 10.1 Å². The van der Waals surface area contributed by atoms with Crippen molar-refractivity contribution in [3.63, 3.8) is 0 Å². The van der Waals surface area contributed by atoms with Crippen LogP contribution in [0.25, 0.3) is 0 Å². The molecule has 0 bridgehead atoms. The molecular formula is C31H38N2O3. The second kappa shape index (κ2) is 12.9. The van der Waals surface area contributed by atoms with Crippen LogP contribution in [0.3, 0.4) is 0 Å². The average Bonchev–Trinajstić information content (AvgIpc) is 2.88. The predicted octanol–water partition coefficient (Wildman–Crippen LogP) is 5.55. The molecule has 0 aliphatic carbocycles.